The highest BCUT2D eigenvalue weighted by Crippen LogP contribution is 2.36. The molecule has 23 heavy (non-hydrogen) atoms. The summed E-state index contributed by atoms with van der Waals surface area (Å²) in [6.45, 7) is 0.0151. The molecule has 1 aliphatic rings. The van der Waals surface area contributed by atoms with Crippen molar-refractivity contribution in [2.75, 3.05) is 13.5 Å². The first-order chi connectivity index (χ1) is 11.3. The van der Waals surface area contributed by atoms with E-state index in [1.807, 2.05) is 54.6 Å². The number of nitrogens with zero attached hydrogens (tertiary/aromatic N) is 2. The number of halogens is 1. The van der Waals surface area contributed by atoms with Crippen LogP contribution in [0.15, 0.2) is 54.6 Å². The smallest absolute Gasteiger partial charge is 0.231 e. The average Bonchev–Trinajstić information content (AvgIpc) is 3.22. The summed E-state index contributed by atoms with van der Waals surface area (Å²) >= 11 is 0. The zero-order valence-corrected chi connectivity index (χ0v) is 12.4. The van der Waals surface area contributed by atoms with E-state index in [0.717, 1.165) is 28.3 Å². The molecule has 0 atom stereocenters. The Labute approximate surface area is 133 Å². The maximum absolute atomic E-state index is 12.9. The minimum Gasteiger partial charge on any atom is -0.454 e. The number of hydrogen-bond donors (Lipinski definition) is 0. The van der Waals surface area contributed by atoms with Gasteiger partial charge in [-0.25, -0.2) is 4.39 Å². The lowest BCUT2D eigenvalue weighted by atomic mass is 10.1. The molecule has 2 heterocycles. The van der Waals surface area contributed by atoms with Gasteiger partial charge in [0.05, 0.1) is 17.9 Å². The summed E-state index contributed by atoms with van der Waals surface area (Å²) in [6.07, 6.45) is 0. The van der Waals surface area contributed by atoms with Crippen molar-refractivity contribution in [1.29, 1.82) is 0 Å². The summed E-state index contributed by atoms with van der Waals surface area (Å²) in [5.74, 6) is 1.45. The Bertz CT molecular complexity index is 830. The monoisotopic (exact) mass is 310 g/mol. The molecule has 0 bridgehead atoms. The molecular formula is C18H15FN2O2. The number of aromatic nitrogens is 2. The number of ether oxygens (including phenoxy) is 2. The molecule has 5 heteroatoms. The molecule has 0 radical (unpaired) electrons. The van der Waals surface area contributed by atoms with E-state index in [1.54, 1.807) is 4.68 Å². The van der Waals surface area contributed by atoms with E-state index < -0.39 is 6.67 Å². The molecule has 0 saturated carbocycles. The summed E-state index contributed by atoms with van der Waals surface area (Å²) in [4.78, 5) is 0. The van der Waals surface area contributed by atoms with Crippen LogP contribution in [-0.2, 0) is 6.54 Å². The number of rotatable bonds is 4. The standard InChI is InChI=1S/C18H15FN2O2/c19-8-9-21-16(13-4-2-1-3-5-13)11-15(20-21)14-6-7-17-18(10-14)23-12-22-17/h1-7,10-11H,8-9,12H2. The predicted molar refractivity (Wildman–Crippen MR) is 85.2 cm³/mol. The molecule has 4 rings (SSSR count). The third kappa shape index (κ3) is 2.54. The maximum atomic E-state index is 12.9. The summed E-state index contributed by atoms with van der Waals surface area (Å²) in [7, 11) is 0. The van der Waals surface area contributed by atoms with E-state index in [9.17, 15) is 4.39 Å². The Hall–Kier alpha value is -2.82. The molecule has 4 nitrogen and oxygen atoms in total. The fourth-order valence-corrected chi connectivity index (χ4v) is 2.71. The summed E-state index contributed by atoms with van der Waals surface area (Å²) < 4.78 is 25.3. The maximum Gasteiger partial charge on any atom is 0.231 e. The van der Waals surface area contributed by atoms with Crippen molar-refractivity contribution in [3.8, 4) is 34.0 Å². The van der Waals surface area contributed by atoms with Crippen molar-refractivity contribution >= 4 is 0 Å². The van der Waals surface area contributed by atoms with Crippen LogP contribution in [0.4, 0.5) is 4.39 Å². The van der Waals surface area contributed by atoms with Gasteiger partial charge in [-0.2, -0.15) is 5.10 Å². The van der Waals surface area contributed by atoms with Gasteiger partial charge >= 0.3 is 0 Å². The van der Waals surface area contributed by atoms with Gasteiger partial charge in [-0.1, -0.05) is 30.3 Å². The van der Waals surface area contributed by atoms with Crippen molar-refractivity contribution in [1.82, 2.24) is 9.78 Å². The highest BCUT2D eigenvalue weighted by Gasteiger charge is 2.16. The van der Waals surface area contributed by atoms with Crippen molar-refractivity contribution in [3.05, 3.63) is 54.6 Å². The second-order valence-corrected chi connectivity index (χ2v) is 5.26. The van der Waals surface area contributed by atoms with Crippen molar-refractivity contribution in [2.24, 2.45) is 0 Å². The van der Waals surface area contributed by atoms with E-state index in [0.29, 0.717) is 5.75 Å². The summed E-state index contributed by atoms with van der Waals surface area (Å²) in [6, 6.07) is 17.5. The Kier molecular flexibility index (Phi) is 3.46. The molecule has 0 unspecified atom stereocenters. The van der Waals surface area contributed by atoms with Crippen molar-refractivity contribution in [2.45, 2.75) is 6.54 Å². The first-order valence-electron chi connectivity index (χ1n) is 7.44. The van der Waals surface area contributed by atoms with E-state index in [1.165, 1.54) is 0 Å². The Balaban J connectivity index is 1.78. The first kappa shape index (κ1) is 13.8. The molecule has 3 aromatic rings. The van der Waals surface area contributed by atoms with Gasteiger partial charge in [0.25, 0.3) is 0 Å². The van der Waals surface area contributed by atoms with Crippen LogP contribution in [0.1, 0.15) is 0 Å². The van der Waals surface area contributed by atoms with E-state index in [-0.39, 0.29) is 13.3 Å². The lowest BCUT2D eigenvalue weighted by molar-refractivity contribution is 0.174. The number of benzene rings is 2. The van der Waals surface area contributed by atoms with Crippen LogP contribution in [0.3, 0.4) is 0 Å². The van der Waals surface area contributed by atoms with Gasteiger partial charge in [-0.05, 0) is 29.8 Å². The third-order valence-electron chi connectivity index (χ3n) is 3.81. The fraction of sp³-hybridized carbons (Fsp3) is 0.167. The Morgan fingerprint density at radius 3 is 2.61 bits per heavy atom. The molecule has 2 aromatic carbocycles. The molecule has 0 aliphatic carbocycles. The number of hydrogen-bond acceptors (Lipinski definition) is 3. The number of aryl methyl sites for hydroxylation is 1. The lowest BCUT2D eigenvalue weighted by Crippen LogP contribution is -2.03. The topological polar surface area (TPSA) is 36.3 Å². The predicted octanol–water partition coefficient (Wildman–Crippen LogP) is 3.92. The molecule has 116 valence electrons. The van der Waals surface area contributed by atoms with Gasteiger partial charge < -0.3 is 9.47 Å². The SMILES string of the molecule is FCCn1nc(-c2ccc3c(c2)OCO3)cc1-c1ccccc1. The van der Waals surface area contributed by atoms with Gasteiger partial charge in [0.15, 0.2) is 11.5 Å². The lowest BCUT2D eigenvalue weighted by Gasteiger charge is -2.04. The van der Waals surface area contributed by atoms with E-state index >= 15 is 0 Å². The van der Waals surface area contributed by atoms with E-state index in [2.05, 4.69) is 5.10 Å². The fourth-order valence-electron chi connectivity index (χ4n) is 2.71. The Morgan fingerprint density at radius 2 is 1.78 bits per heavy atom. The average molecular weight is 310 g/mol. The van der Waals surface area contributed by atoms with Gasteiger partial charge in [0.1, 0.15) is 6.67 Å². The molecule has 1 aliphatic heterocycles. The van der Waals surface area contributed by atoms with Crippen LogP contribution in [0, 0.1) is 0 Å². The molecule has 0 spiro atoms. The van der Waals surface area contributed by atoms with Crippen LogP contribution in [-0.4, -0.2) is 23.2 Å². The quantitative estimate of drug-likeness (QED) is 0.733. The number of fused-ring (bicyclic) bond motifs is 1. The highest BCUT2D eigenvalue weighted by molar-refractivity contribution is 5.70. The van der Waals surface area contributed by atoms with Gasteiger partial charge in [0, 0.05) is 5.56 Å². The molecule has 0 saturated heterocycles. The van der Waals surface area contributed by atoms with Crippen LogP contribution >= 0.6 is 0 Å². The van der Waals surface area contributed by atoms with Crippen LogP contribution < -0.4 is 9.47 Å². The van der Waals surface area contributed by atoms with Crippen LogP contribution in [0.25, 0.3) is 22.5 Å². The molecule has 1 aromatic heterocycles. The van der Waals surface area contributed by atoms with Crippen molar-refractivity contribution < 1.29 is 13.9 Å². The van der Waals surface area contributed by atoms with E-state index in [4.69, 9.17) is 9.47 Å². The van der Waals surface area contributed by atoms with Crippen molar-refractivity contribution in [3.63, 3.8) is 0 Å². The third-order valence-corrected chi connectivity index (χ3v) is 3.81. The van der Waals surface area contributed by atoms with Gasteiger partial charge in [-0.15, -0.1) is 0 Å². The minimum absolute atomic E-state index is 0.231. The molecule has 0 N–H and O–H groups in total. The molecule has 0 amide bonds. The largest absolute Gasteiger partial charge is 0.454 e. The van der Waals surface area contributed by atoms with Gasteiger partial charge in [0.2, 0.25) is 6.79 Å². The molecular weight excluding hydrogens is 295 g/mol. The second-order valence-electron chi connectivity index (χ2n) is 5.26. The van der Waals surface area contributed by atoms with Gasteiger partial charge in [-0.3, -0.25) is 4.68 Å². The summed E-state index contributed by atoms with van der Waals surface area (Å²) in [5.41, 5.74) is 3.62. The zero-order chi connectivity index (χ0) is 15.6. The second kappa shape index (κ2) is 5.76. The first-order valence-corrected chi connectivity index (χ1v) is 7.44. The van der Waals surface area contributed by atoms with Crippen LogP contribution in [0.2, 0.25) is 0 Å². The minimum atomic E-state index is -0.456. The Morgan fingerprint density at radius 1 is 0.957 bits per heavy atom. The highest BCUT2D eigenvalue weighted by atomic mass is 19.1. The molecule has 0 fully saturated rings. The van der Waals surface area contributed by atoms with Crippen LogP contribution in [0.5, 0.6) is 11.5 Å². The summed E-state index contributed by atoms with van der Waals surface area (Å²) in [5, 5.41) is 4.55. The number of alkyl halides is 1. The zero-order valence-electron chi connectivity index (χ0n) is 12.4. The normalized spacial score (nSPS) is 12.6.